The number of fused-ring (bicyclic) bond motifs is 1. The number of aryl methyl sites for hydroxylation is 1. The number of piperidine rings is 1. The summed E-state index contributed by atoms with van der Waals surface area (Å²) in [6.45, 7) is 4.23. The van der Waals surface area contributed by atoms with Crippen molar-refractivity contribution in [3.63, 3.8) is 0 Å². The fourth-order valence-corrected chi connectivity index (χ4v) is 4.06. The van der Waals surface area contributed by atoms with Crippen LogP contribution in [0.3, 0.4) is 0 Å². The van der Waals surface area contributed by atoms with Crippen LogP contribution in [-0.4, -0.2) is 73.8 Å². The van der Waals surface area contributed by atoms with Crippen molar-refractivity contribution in [2.45, 2.75) is 38.3 Å². The summed E-state index contributed by atoms with van der Waals surface area (Å²) in [5.74, 6) is 2.24. The van der Waals surface area contributed by atoms with Gasteiger partial charge in [0.1, 0.15) is 17.2 Å². The third-order valence-corrected chi connectivity index (χ3v) is 5.84. The van der Waals surface area contributed by atoms with E-state index in [1.165, 1.54) is 0 Å². The molecule has 0 radical (unpaired) electrons. The Balaban J connectivity index is 1.31. The minimum absolute atomic E-state index is 0.112. The van der Waals surface area contributed by atoms with Gasteiger partial charge in [-0.3, -0.25) is 9.59 Å². The highest BCUT2D eigenvalue weighted by Gasteiger charge is 2.43. The monoisotopic (exact) mass is 387 g/mol. The van der Waals surface area contributed by atoms with E-state index >= 15 is 0 Å². The summed E-state index contributed by atoms with van der Waals surface area (Å²) in [4.78, 5) is 33.9. The Morgan fingerprint density at radius 2 is 2.14 bits per heavy atom. The van der Waals surface area contributed by atoms with E-state index in [0.717, 1.165) is 24.6 Å². The topological polar surface area (TPSA) is 118 Å². The minimum Gasteiger partial charge on any atom is -0.368 e. The molecule has 2 aliphatic rings. The molecule has 2 aromatic rings. The number of carbonyl (C=O) groups excluding carboxylic acids is 2. The third kappa shape index (κ3) is 3.28. The Labute approximate surface area is 162 Å². The van der Waals surface area contributed by atoms with Crippen LogP contribution in [0.5, 0.6) is 0 Å². The van der Waals surface area contributed by atoms with E-state index in [1.54, 1.807) is 24.4 Å². The van der Waals surface area contributed by atoms with Crippen LogP contribution in [0.1, 0.15) is 35.1 Å². The molecule has 4 rings (SSSR count). The molecule has 150 valence electrons. The Hall–Kier alpha value is -2.75. The summed E-state index contributed by atoms with van der Waals surface area (Å²) in [5, 5.41) is 11.3. The van der Waals surface area contributed by atoms with Crippen molar-refractivity contribution in [2.75, 3.05) is 26.7 Å². The van der Waals surface area contributed by atoms with E-state index in [2.05, 4.69) is 30.0 Å². The molecule has 2 aromatic heterocycles. The second-order valence-electron chi connectivity index (χ2n) is 7.48. The van der Waals surface area contributed by atoms with Crippen molar-refractivity contribution in [2.24, 2.45) is 5.92 Å². The Kier molecular flexibility index (Phi) is 4.88. The number of aromatic nitrogens is 5. The molecule has 0 bridgehead atoms. The third-order valence-electron chi connectivity index (χ3n) is 5.84. The van der Waals surface area contributed by atoms with E-state index in [0.29, 0.717) is 44.2 Å². The van der Waals surface area contributed by atoms with Crippen LogP contribution in [0, 0.1) is 12.8 Å². The number of nitrogens with zero attached hydrogens (tertiary/aromatic N) is 5. The summed E-state index contributed by atoms with van der Waals surface area (Å²) >= 11 is 0. The van der Waals surface area contributed by atoms with E-state index in [-0.39, 0.29) is 11.8 Å². The molecule has 2 aliphatic heterocycles. The first-order valence-electron chi connectivity index (χ1n) is 9.53. The Bertz CT molecular complexity index is 853. The van der Waals surface area contributed by atoms with Gasteiger partial charge in [-0.2, -0.15) is 0 Å². The average molecular weight is 387 g/mol. The van der Waals surface area contributed by atoms with Gasteiger partial charge in [-0.15, -0.1) is 10.2 Å². The van der Waals surface area contributed by atoms with Crippen molar-refractivity contribution in [1.29, 1.82) is 0 Å². The lowest BCUT2D eigenvalue weighted by Crippen LogP contribution is -2.56. The van der Waals surface area contributed by atoms with Gasteiger partial charge in [-0.1, -0.05) is 0 Å². The number of carbonyl (C=O) groups is 2. The minimum atomic E-state index is -0.899. The van der Waals surface area contributed by atoms with Crippen LogP contribution >= 0.6 is 0 Å². The zero-order valence-corrected chi connectivity index (χ0v) is 16.1. The molecule has 10 heteroatoms. The molecule has 2 amide bonds. The standard InChI is InChI=1S/C18H25N7O3/c1-12-22-23-14-9-13(11-25(12)14)10-21-17(27)18(28-2)3-7-24(8-4-18)16(26)15-19-5-6-20-15/h5-6,13H,3-4,7-11H2,1-2H3,(H,19,20)(H,21,27). The summed E-state index contributed by atoms with van der Waals surface area (Å²) < 4.78 is 7.74. The molecule has 0 aromatic carbocycles. The van der Waals surface area contributed by atoms with Gasteiger partial charge < -0.3 is 24.5 Å². The van der Waals surface area contributed by atoms with Gasteiger partial charge in [-0.25, -0.2) is 4.98 Å². The maximum Gasteiger partial charge on any atom is 0.289 e. The summed E-state index contributed by atoms with van der Waals surface area (Å²) in [7, 11) is 1.56. The largest absolute Gasteiger partial charge is 0.368 e. The van der Waals surface area contributed by atoms with Crippen molar-refractivity contribution >= 4 is 11.8 Å². The highest BCUT2D eigenvalue weighted by atomic mass is 16.5. The van der Waals surface area contributed by atoms with Crippen molar-refractivity contribution in [1.82, 2.24) is 34.9 Å². The normalized spacial score (nSPS) is 20.8. The van der Waals surface area contributed by atoms with Gasteiger partial charge in [0.15, 0.2) is 5.82 Å². The Morgan fingerprint density at radius 1 is 1.36 bits per heavy atom. The van der Waals surface area contributed by atoms with Gasteiger partial charge in [0, 0.05) is 70.9 Å². The van der Waals surface area contributed by atoms with E-state index in [1.807, 2.05) is 6.92 Å². The smallest absolute Gasteiger partial charge is 0.289 e. The van der Waals surface area contributed by atoms with Crippen LogP contribution in [0.15, 0.2) is 12.4 Å². The molecule has 10 nitrogen and oxygen atoms in total. The maximum absolute atomic E-state index is 12.9. The number of imidazole rings is 1. The fourth-order valence-electron chi connectivity index (χ4n) is 4.06. The first kappa shape index (κ1) is 18.6. The van der Waals surface area contributed by atoms with Gasteiger partial charge in [0.05, 0.1) is 0 Å². The van der Waals surface area contributed by atoms with E-state index in [9.17, 15) is 9.59 Å². The first-order chi connectivity index (χ1) is 13.5. The molecular formula is C18H25N7O3. The molecule has 1 saturated heterocycles. The van der Waals surface area contributed by atoms with Crippen LogP contribution in [0.4, 0.5) is 0 Å². The van der Waals surface area contributed by atoms with Crippen LogP contribution in [-0.2, 0) is 22.5 Å². The highest BCUT2D eigenvalue weighted by Crippen LogP contribution is 2.27. The average Bonchev–Trinajstić information content (AvgIpc) is 3.45. The molecule has 0 spiro atoms. The number of methoxy groups -OCH3 is 1. The first-order valence-corrected chi connectivity index (χ1v) is 9.53. The molecule has 0 aliphatic carbocycles. The quantitative estimate of drug-likeness (QED) is 0.741. The lowest BCUT2D eigenvalue weighted by molar-refractivity contribution is -0.149. The summed E-state index contributed by atoms with van der Waals surface area (Å²) in [6, 6.07) is 0. The number of nitrogens with one attached hydrogen (secondary N) is 2. The van der Waals surface area contributed by atoms with Crippen molar-refractivity contribution in [3.8, 4) is 0 Å². The van der Waals surface area contributed by atoms with E-state index < -0.39 is 5.60 Å². The number of aromatic amines is 1. The zero-order chi connectivity index (χ0) is 19.7. The number of hydrogen-bond donors (Lipinski definition) is 2. The number of hydrogen-bond acceptors (Lipinski definition) is 6. The fraction of sp³-hybridized carbons (Fsp3) is 0.611. The number of ether oxygens (including phenoxy) is 1. The van der Waals surface area contributed by atoms with Crippen molar-refractivity contribution < 1.29 is 14.3 Å². The van der Waals surface area contributed by atoms with Crippen LogP contribution in [0.2, 0.25) is 0 Å². The number of amides is 2. The summed E-state index contributed by atoms with van der Waals surface area (Å²) in [5.41, 5.74) is -0.899. The number of rotatable bonds is 5. The van der Waals surface area contributed by atoms with Crippen LogP contribution < -0.4 is 5.32 Å². The van der Waals surface area contributed by atoms with Gasteiger partial charge >= 0.3 is 0 Å². The molecule has 1 fully saturated rings. The molecule has 0 saturated carbocycles. The van der Waals surface area contributed by atoms with Gasteiger partial charge in [0.25, 0.3) is 11.8 Å². The lowest BCUT2D eigenvalue weighted by atomic mass is 9.89. The predicted molar refractivity (Wildman–Crippen MR) is 98.4 cm³/mol. The van der Waals surface area contributed by atoms with E-state index in [4.69, 9.17) is 4.74 Å². The molecule has 4 heterocycles. The zero-order valence-electron chi connectivity index (χ0n) is 16.1. The Morgan fingerprint density at radius 3 is 2.79 bits per heavy atom. The molecular weight excluding hydrogens is 362 g/mol. The molecule has 2 N–H and O–H groups in total. The van der Waals surface area contributed by atoms with Gasteiger partial charge in [-0.05, 0) is 6.92 Å². The lowest BCUT2D eigenvalue weighted by Gasteiger charge is -2.39. The van der Waals surface area contributed by atoms with Crippen LogP contribution in [0.25, 0.3) is 0 Å². The molecule has 1 unspecified atom stereocenters. The van der Waals surface area contributed by atoms with Crippen molar-refractivity contribution in [3.05, 3.63) is 29.9 Å². The predicted octanol–water partition coefficient (Wildman–Crippen LogP) is -0.0805. The molecule has 28 heavy (non-hydrogen) atoms. The number of H-pyrrole nitrogens is 1. The highest BCUT2D eigenvalue weighted by molar-refractivity contribution is 5.91. The maximum atomic E-state index is 12.9. The number of likely N-dealkylation sites (tertiary alicyclic amines) is 1. The molecule has 1 atom stereocenters. The SMILES string of the molecule is COC1(C(=O)NCC2Cc3nnc(C)n3C2)CCN(C(=O)c2ncc[nH]2)CC1. The second kappa shape index (κ2) is 7.34. The van der Waals surface area contributed by atoms with Gasteiger partial charge in [0.2, 0.25) is 0 Å². The summed E-state index contributed by atoms with van der Waals surface area (Å²) in [6.07, 6.45) is 4.90. The second-order valence-corrected chi connectivity index (χ2v) is 7.48.